The van der Waals surface area contributed by atoms with Gasteiger partial charge in [-0.1, -0.05) is 48.5 Å². The molecular weight excluding hydrogens is 519 g/mol. The van der Waals surface area contributed by atoms with Crippen LogP contribution in [0.2, 0.25) is 0 Å². The lowest BCUT2D eigenvalue weighted by Crippen LogP contribution is -2.38. The van der Waals surface area contributed by atoms with Crippen molar-refractivity contribution in [2.75, 3.05) is 18.4 Å². The molecule has 2 radical (unpaired) electrons. The minimum Gasteiger partial charge on any atom is -0.366 e. The first-order valence-corrected chi connectivity index (χ1v) is 14.8. The summed E-state index contributed by atoms with van der Waals surface area (Å²) in [6.45, 7) is 1.44. The predicted molar refractivity (Wildman–Crippen MR) is 156 cm³/mol. The summed E-state index contributed by atoms with van der Waals surface area (Å²) < 4.78 is 30.1. The van der Waals surface area contributed by atoms with E-state index in [-0.39, 0.29) is 5.92 Å². The molecule has 4 heterocycles. The van der Waals surface area contributed by atoms with Crippen LogP contribution in [0.4, 0.5) is 5.82 Å². The van der Waals surface area contributed by atoms with Gasteiger partial charge in [0.1, 0.15) is 19.3 Å². The van der Waals surface area contributed by atoms with Crippen molar-refractivity contribution in [1.82, 2.24) is 23.9 Å². The van der Waals surface area contributed by atoms with Crippen molar-refractivity contribution in [1.29, 1.82) is 0 Å². The van der Waals surface area contributed by atoms with Crippen LogP contribution in [0.25, 0.3) is 5.65 Å². The molecule has 40 heavy (non-hydrogen) atoms. The number of benzene rings is 2. The lowest BCUT2D eigenvalue weighted by atomic mass is 9.94. The van der Waals surface area contributed by atoms with E-state index >= 15 is 0 Å². The molecule has 0 atom stereocenters. The highest BCUT2D eigenvalue weighted by molar-refractivity contribution is 7.89. The Bertz CT molecular complexity index is 1700. The molecule has 2 aromatic carbocycles. The predicted octanol–water partition coefficient (Wildman–Crippen LogP) is 3.69. The summed E-state index contributed by atoms with van der Waals surface area (Å²) in [7, 11) is 2.60. The van der Waals surface area contributed by atoms with Gasteiger partial charge in [0.05, 0.1) is 4.90 Å². The molecule has 1 saturated heterocycles. The van der Waals surface area contributed by atoms with Gasteiger partial charge in [-0.05, 0) is 59.6 Å². The van der Waals surface area contributed by atoms with Crippen molar-refractivity contribution in [3.05, 3.63) is 114 Å². The lowest BCUT2D eigenvalue weighted by molar-refractivity contribution is 0.317. The first-order chi connectivity index (χ1) is 19.5. The summed E-state index contributed by atoms with van der Waals surface area (Å²) in [6, 6.07) is 23.3. The molecule has 8 nitrogen and oxygen atoms in total. The van der Waals surface area contributed by atoms with Crippen LogP contribution in [0.1, 0.15) is 41.1 Å². The van der Waals surface area contributed by atoms with Crippen LogP contribution in [0.15, 0.2) is 96.3 Å². The molecule has 0 amide bonds. The van der Waals surface area contributed by atoms with E-state index in [1.54, 1.807) is 33.3 Å². The third kappa shape index (κ3) is 5.50. The Morgan fingerprint density at radius 1 is 0.900 bits per heavy atom. The van der Waals surface area contributed by atoms with Crippen molar-refractivity contribution in [2.45, 2.75) is 36.6 Å². The third-order valence-corrected chi connectivity index (χ3v) is 9.31. The summed E-state index contributed by atoms with van der Waals surface area (Å²) in [5, 5.41) is 7.82. The van der Waals surface area contributed by atoms with Crippen molar-refractivity contribution in [3.8, 4) is 0 Å². The molecule has 0 saturated carbocycles. The van der Waals surface area contributed by atoms with Crippen molar-refractivity contribution in [3.63, 3.8) is 0 Å². The summed E-state index contributed by atoms with van der Waals surface area (Å²) in [5.74, 6) is 0.893. The molecule has 10 heteroatoms. The third-order valence-electron chi connectivity index (χ3n) is 7.40. The fraction of sp³-hybridized carbons (Fsp3) is 0.233. The van der Waals surface area contributed by atoms with E-state index in [2.05, 4.69) is 27.5 Å². The van der Waals surface area contributed by atoms with Crippen LogP contribution in [0, 0.1) is 0 Å². The zero-order valence-electron chi connectivity index (χ0n) is 22.0. The Kier molecular flexibility index (Phi) is 7.36. The van der Waals surface area contributed by atoms with Gasteiger partial charge < -0.3 is 5.32 Å². The fourth-order valence-electron chi connectivity index (χ4n) is 5.18. The van der Waals surface area contributed by atoms with Crippen molar-refractivity contribution in [2.24, 2.45) is 0 Å². The van der Waals surface area contributed by atoms with Gasteiger partial charge in [0.25, 0.3) is 0 Å². The number of hydrogen-bond acceptors (Lipinski definition) is 6. The molecular formula is C30H29BN6O2S. The Morgan fingerprint density at radius 2 is 1.62 bits per heavy atom. The highest BCUT2D eigenvalue weighted by atomic mass is 32.2. The van der Waals surface area contributed by atoms with E-state index in [0.29, 0.717) is 48.5 Å². The van der Waals surface area contributed by atoms with Gasteiger partial charge >= 0.3 is 0 Å². The largest absolute Gasteiger partial charge is 0.366 e. The van der Waals surface area contributed by atoms with E-state index in [9.17, 15) is 8.42 Å². The van der Waals surface area contributed by atoms with Crippen LogP contribution in [-0.4, -0.2) is 53.2 Å². The monoisotopic (exact) mass is 548 g/mol. The van der Waals surface area contributed by atoms with Gasteiger partial charge in [-0.25, -0.2) is 13.4 Å². The van der Waals surface area contributed by atoms with Crippen LogP contribution < -0.4 is 10.8 Å². The highest BCUT2D eigenvalue weighted by Crippen LogP contribution is 2.31. The van der Waals surface area contributed by atoms with Crippen LogP contribution in [-0.2, 0) is 23.0 Å². The van der Waals surface area contributed by atoms with E-state index in [0.717, 1.165) is 29.1 Å². The second-order valence-corrected chi connectivity index (χ2v) is 12.0. The normalized spacial score (nSPS) is 14.9. The van der Waals surface area contributed by atoms with E-state index in [4.69, 9.17) is 12.8 Å². The molecule has 6 rings (SSSR count). The van der Waals surface area contributed by atoms with Gasteiger partial charge in [-0.15, -0.1) is 0 Å². The molecule has 1 aliphatic heterocycles. The highest BCUT2D eigenvalue weighted by Gasteiger charge is 2.31. The van der Waals surface area contributed by atoms with Crippen LogP contribution >= 0.6 is 0 Å². The standard InChI is InChI=1S/C30H29BN6O2S/c31-27-21-34-37-29(33-20-24-7-4-14-32-19-24)18-28(35-30(27)37)25-12-15-36(16-13-25)40(38,39)26-10-8-23(9-11-26)17-22-5-2-1-3-6-22/h1-11,14,18-19,21,25,33H,12-13,15-17,20H2. The first-order valence-electron chi connectivity index (χ1n) is 13.4. The first kappa shape index (κ1) is 26.2. The Morgan fingerprint density at radius 3 is 2.35 bits per heavy atom. The molecule has 200 valence electrons. The number of anilines is 1. The number of nitrogens with zero attached hydrogens (tertiary/aromatic N) is 5. The Labute approximate surface area is 235 Å². The van der Waals surface area contributed by atoms with Crippen molar-refractivity contribution >= 4 is 34.8 Å². The lowest BCUT2D eigenvalue weighted by Gasteiger charge is -2.31. The van der Waals surface area contributed by atoms with Crippen LogP contribution in [0.3, 0.4) is 0 Å². The molecule has 3 aromatic heterocycles. The quantitative estimate of drug-likeness (QED) is 0.298. The van der Waals surface area contributed by atoms with Crippen molar-refractivity contribution < 1.29 is 8.42 Å². The summed E-state index contributed by atoms with van der Waals surface area (Å²) in [5.41, 5.74) is 5.30. The van der Waals surface area contributed by atoms with Crippen LogP contribution in [0.5, 0.6) is 0 Å². The average Bonchev–Trinajstić information content (AvgIpc) is 3.38. The number of sulfonamides is 1. The van der Waals surface area contributed by atoms with Gasteiger partial charge in [-0.3, -0.25) is 4.98 Å². The molecule has 0 unspecified atom stereocenters. The molecule has 5 aromatic rings. The minimum atomic E-state index is -3.58. The second kappa shape index (κ2) is 11.2. The molecule has 0 aliphatic carbocycles. The summed E-state index contributed by atoms with van der Waals surface area (Å²) in [6.07, 6.45) is 7.27. The number of hydrogen-bond donors (Lipinski definition) is 1. The maximum Gasteiger partial charge on any atom is 0.243 e. The number of fused-ring (bicyclic) bond motifs is 1. The zero-order chi connectivity index (χ0) is 27.5. The summed E-state index contributed by atoms with van der Waals surface area (Å²) in [4.78, 5) is 9.32. The topological polar surface area (TPSA) is 92.5 Å². The molecule has 1 aliphatic rings. The minimum absolute atomic E-state index is 0.109. The fourth-order valence-corrected chi connectivity index (χ4v) is 6.65. The van der Waals surface area contributed by atoms with Gasteiger partial charge in [-0.2, -0.15) is 13.9 Å². The number of pyridine rings is 1. The SMILES string of the molecule is [B]c1cnn2c(NCc3cccnc3)cc(C3CCN(S(=O)(=O)c4ccc(Cc5ccccc5)cc4)CC3)nc12. The van der Waals surface area contributed by atoms with Gasteiger partial charge in [0.2, 0.25) is 10.0 Å². The Hall–Kier alpha value is -4.02. The average molecular weight is 548 g/mol. The number of nitrogens with one attached hydrogen (secondary N) is 1. The van der Waals surface area contributed by atoms with Gasteiger partial charge in [0.15, 0.2) is 0 Å². The van der Waals surface area contributed by atoms with E-state index in [1.165, 1.54) is 5.56 Å². The van der Waals surface area contributed by atoms with E-state index in [1.807, 2.05) is 54.7 Å². The second-order valence-electron chi connectivity index (χ2n) is 10.1. The molecule has 1 fully saturated rings. The molecule has 0 spiro atoms. The number of aromatic nitrogens is 4. The molecule has 0 bridgehead atoms. The van der Waals surface area contributed by atoms with Gasteiger partial charge in [0, 0.05) is 55.9 Å². The number of rotatable bonds is 8. The maximum atomic E-state index is 13.4. The maximum absolute atomic E-state index is 13.4. The zero-order valence-corrected chi connectivity index (χ0v) is 22.8. The smallest absolute Gasteiger partial charge is 0.243 e. The van der Waals surface area contributed by atoms with E-state index < -0.39 is 10.0 Å². The number of piperidine rings is 1. The summed E-state index contributed by atoms with van der Waals surface area (Å²) >= 11 is 0. The molecule has 1 N–H and O–H groups in total. The Balaban J connectivity index is 1.15.